The number of nitrogen functional groups attached to an aromatic ring is 1. The van der Waals surface area contributed by atoms with Crippen LogP contribution in [0.25, 0.3) is 0 Å². The van der Waals surface area contributed by atoms with E-state index in [-0.39, 0.29) is 12.5 Å². The molecular weight excluding hydrogens is 220 g/mol. The molecule has 0 radical (unpaired) electrons. The first kappa shape index (κ1) is 11.1. The number of nitrogens with zero attached hydrogens (tertiary/aromatic N) is 2. The Hall–Kier alpha value is -2.37. The van der Waals surface area contributed by atoms with E-state index >= 15 is 0 Å². The van der Waals surface area contributed by atoms with Crippen molar-refractivity contribution < 1.29 is 9.32 Å². The number of rotatable bonds is 3. The highest BCUT2D eigenvalue weighted by Gasteiger charge is 2.10. The van der Waals surface area contributed by atoms with Crippen molar-refractivity contribution in [3.63, 3.8) is 0 Å². The van der Waals surface area contributed by atoms with Gasteiger partial charge in [0.15, 0.2) is 5.76 Å². The zero-order valence-electron chi connectivity index (χ0n) is 9.30. The first-order chi connectivity index (χ1) is 8.16. The molecule has 88 valence electrons. The zero-order chi connectivity index (χ0) is 12.3. The van der Waals surface area contributed by atoms with E-state index in [1.54, 1.807) is 12.1 Å². The van der Waals surface area contributed by atoms with Crippen molar-refractivity contribution in [3.05, 3.63) is 41.5 Å². The van der Waals surface area contributed by atoms with E-state index in [1.807, 2.05) is 6.92 Å². The number of aromatic nitrogens is 2. The highest BCUT2D eigenvalue weighted by atomic mass is 16.5. The van der Waals surface area contributed by atoms with Crippen LogP contribution in [0.5, 0.6) is 0 Å². The summed E-state index contributed by atoms with van der Waals surface area (Å²) in [5, 5.41) is 6.21. The Morgan fingerprint density at radius 3 is 3.06 bits per heavy atom. The van der Waals surface area contributed by atoms with Gasteiger partial charge in [-0.1, -0.05) is 5.16 Å². The van der Waals surface area contributed by atoms with Crippen molar-refractivity contribution in [2.24, 2.45) is 0 Å². The smallest absolute Gasteiger partial charge is 0.255 e. The van der Waals surface area contributed by atoms with Crippen LogP contribution in [0.4, 0.5) is 5.69 Å². The molecule has 0 unspecified atom stereocenters. The summed E-state index contributed by atoms with van der Waals surface area (Å²) in [7, 11) is 0. The lowest BCUT2D eigenvalue weighted by molar-refractivity contribution is 0.0947. The second kappa shape index (κ2) is 4.65. The molecule has 2 rings (SSSR count). The number of anilines is 1. The number of nitrogens with one attached hydrogen (secondary N) is 1. The molecule has 2 heterocycles. The molecule has 0 aliphatic rings. The highest BCUT2D eigenvalue weighted by Crippen LogP contribution is 2.11. The molecule has 0 spiro atoms. The largest absolute Gasteiger partial charge is 0.398 e. The molecule has 0 fully saturated rings. The molecule has 0 bridgehead atoms. The van der Waals surface area contributed by atoms with Crippen molar-refractivity contribution in [2.45, 2.75) is 13.5 Å². The minimum atomic E-state index is -0.286. The maximum absolute atomic E-state index is 11.8. The number of hydrogen-bond acceptors (Lipinski definition) is 5. The average Bonchev–Trinajstić information content (AvgIpc) is 2.78. The lowest BCUT2D eigenvalue weighted by Crippen LogP contribution is -2.23. The van der Waals surface area contributed by atoms with Gasteiger partial charge < -0.3 is 15.6 Å². The molecule has 1 amide bonds. The van der Waals surface area contributed by atoms with Gasteiger partial charge in [0, 0.05) is 23.6 Å². The summed E-state index contributed by atoms with van der Waals surface area (Å²) in [5.41, 5.74) is 7.27. The number of pyridine rings is 1. The first-order valence-electron chi connectivity index (χ1n) is 5.06. The lowest BCUT2D eigenvalue weighted by Gasteiger charge is -2.06. The second-order valence-electron chi connectivity index (χ2n) is 3.57. The normalized spacial score (nSPS) is 10.2. The Balaban J connectivity index is 2.04. The number of carbonyl (C=O) groups is 1. The van der Waals surface area contributed by atoms with Gasteiger partial charge in [-0.15, -0.1) is 0 Å². The topological polar surface area (TPSA) is 94.0 Å². The van der Waals surface area contributed by atoms with E-state index < -0.39 is 0 Å². The molecule has 0 aromatic carbocycles. The minimum Gasteiger partial charge on any atom is -0.398 e. The molecule has 0 atom stereocenters. The molecule has 17 heavy (non-hydrogen) atoms. The van der Waals surface area contributed by atoms with Crippen molar-refractivity contribution in [2.75, 3.05) is 5.73 Å². The van der Waals surface area contributed by atoms with Crippen molar-refractivity contribution in [1.29, 1.82) is 0 Å². The second-order valence-corrected chi connectivity index (χ2v) is 3.57. The summed E-state index contributed by atoms with van der Waals surface area (Å²) in [6, 6.07) is 3.33. The van der Waals surface area contributed by atoms with Crippen LogP contribution in [-0.2, 0) is 6.54 Å². The van der Waals surface area contributed by atoms with Gasteiger partial charge in [-0.25, -0.2) is 0 Å². The summed E-state index contributed by atoms with van der Waals surface area (Å²) in [5.74, 6) is 0.295. The van der Waals surface area contributed by atoms with Gasteiger partial charge in [0.25, 0.3) is 5.91 Å². The van der Waals surface area contributed by atoms with Gasteiger partial charge in [-0.3, -0.25) is 9.78 Å². The molecule has 0 saturated heterocycles. The standard InChI is InChI=1S/C11H12N4O2/c1-7-4-10(12)9(6-13-7)11(16)14-5-8-2-3-15-17-8/h2-4,6H,5H2,1H3,(H2,12,13)(H,14,16). The Morgan fingerprint density at radius 2 is 2.41 bits per heavy atom. The van der Waals surface area contributed by atoms with E-state index in [0.717, 1.165) is 5.69 Å². The quantitative estimate of drug-likeness (QED) is 0.819. The molecular formula is C11H12N4O2. The van der Waals surface area contributed by atoms with Crippen LogP contribution in [-0.4, -0.2) is 16.0 Å². The maximum atomic E-state index is 11.8. The highest BCUT2D eigenvalue weighted by molar-refractivity contribution is 5.98. The van der Waals surface area contributed by atoms with Crippen LogP contribution in [0.15, 0.2) is 29.0 Å². The predicted octanol–water partition coefficient (Wildman–Crippen LogP) is 0.890. The summed E-state index contributed by atoms with van der Waals surface area (Å²) in [6.07, 6.45) is 2.98. The Kier molecular flexibility index (Phi) is 3.04. The van der Waals surface area contributed by atoms with Gasteiger partial charge in [-0.2, -0.15) is 0 Å². The Bertz CT molecular complexity index is 522. The summed E-state index contributed by atoms with van der Waals surface area (Å²) < 4.78 is 4.86. The predicted molar refractivity (Wildman–Crippen MR) is 61.1 cm³/mol. The maximum Gasteiger partial charge on any atom is 0.255 e. The van der Waals surface area contributed by atoms with E-state index in [2.05, 4.69) is 15.5 Å². The SMILES string of the molecule is Cc1cc(N)c(C(=O)NCc2ccno2)cn1. The molecule has 3 N–H and O–H groups in total. The fourth-order valence-electron chi connectivity index (χ4n) is 1.37. The summed E-state index contributed by atoms with van der Waals surface area (Å²) in [6.45, 7) is 2.08. The van der Waals surface area contributed by atoms with Crippen molar-refractivity contribution in [1.82, 2.24) is 15.5 Å². The van der Waals surface area contributed by atoms with Crippen LogP contribution in [0.3, 0.4) is 0 Å². The summed E-state index contributed by atoms with van der Waals surface area (Å²) in [4.78, 5) is 15.8. The fourth-order valence-corrected chi connectivity index (χ4v) is 1.37. The van der Waals surface area contributed by atoms with E-state index in [4.69, 9.17) is 10.3 Å². The van der Waals surface area contributed by atoms with Crippen molar-refractivity contribution >= 4 is 11.6 Å². The molecule has 6 nitrogen and oxygen atoms in total. The Labute approximate surface area is 97.8 Å². The number of aryl methyl sites for hydroxylation is 1. The number of hydrogen-bond donors (Lipinski definition) is 2. The Morgan fingerprint density at radius 1 is 1.59 bits per heavy atom. The first-order valence-corrected chi connectivity index (χ1v) is 5.06. The third kappa shape index (κ3) is 2.60. The molecule has 0 aliphatic carbocycles. The average molecular weight is 232 g/mol. The lowest BCUT2D eigenvalue weighted by atomic mass is 10.2. The molecule has 2 aromatic rings. The van der Waals surface area contributed by atoms with E-state index in [1.165, 1.54) is 12.4 Å². The van der Waals surface area contributed by atoms with E-state index in [9.17, 15) is 4.79 Å². The van der Waals surface area contributed by atoms with E-state index in [0.29, 0.717) is 17.0 Å². The monoisotopic (exact) mass is 232 g/mol. The van der Waals surface area contributed by atoms with Crippen LogP contribution >= 0.6 is 0 Å². The van der Waals surface area contributed by atoms with Crippen LogP contribution in [0.2, 0.25) is 0 Å². The van der Waals surface area contributed by atoms with Crippen LogP contribution in [0, 0.1) is 6.92 Å². The van der Waals surface area contributed by atoms with Gasteiger partial charge in [-0.05, 0) is 13.0 Å². The van der Waals surface area contributed by atoms with Crippen LogP contribution in [0.1, 0.15) is 21.8 Å². The van der Waals surface area contributed by atoms with Gasteiger partial charge >= 0.3 is 0 Å². The third-order valence-electron chi connectivity index (χ3n) is 2.23. The molecule has 6 heteroatoms. The third-order valence-corrected chi connectivity index (χ3v) is 2.23. The molecule has 0 saturated carbocycles. The fraction of sp³-hybridized carbons (Fsp3) is 0.182. The number of amides is 1. The number of carbonyl (C=O) groups excluding carboxylic acids is 1. The molecule has 2 aromatic heterocycles. The zero-order valence-corrected chi connectivity index (χ0v) is 9.30. The minimum absolute atomic E-state index is 0.270. The van der Waals surface area contributed by atoms with Crippen molar-refractivity contribution in [3.8, 4) is 0 Å². The number of nitrogens with two attached hydrogens (primary N) is 1. The van der Waals surface area contributed by atoms with Gasteiger partial charge in [0.1, 0.15) is 0 Å². The molecule has 0 aliphatic heterocycles. The van der Waals surface area contributed by atoms with Gasteiger partial charge in [0.2, 0.25) is 0 Å². The summed E-state index contributed by atoms with van der Waals surface area (Å²) >= 11 is 0. The van der Waals surface area contributed by atoms with Gasteiger partial charge in [0.05, 0.1) is 18.3 Å². The van der Waals surface area contributed by atoms with Crippen LogP contribution < -0.4 is 11.1 Å².